The highest BCUT2D eigenvalue weighted by molar-refractivity contribution is 14.0. The zero-order valence-corrected chi connectivity index (χ0v) is 18.9. The average molecular weight is 483 g/mol. The molecular weight excluding hydrogens is 453 g/mol. The van der Waals surface area contributed by atoms with Crippen molar-refractivity contribution in [3.05, 3.63) is 53.7 Å². The molecule has 6 nitrogen and oxygen atoms in total. The first-order chi connectivity index (χ1) is 12.7. The van der Waals surface area contributed by atoms with Crippen molar-refractivity contribution in [3.8, 4) is 5.88 Å². The van der Waals surface area contributed by atoms with Crippen molar-refractivity contribution in [2.75, 3.05) is 38.7 Å². The molecule has 1 aromatic heterocycles. The van der Waals surface area contributed by atoms with Crippen LogP contribution in [0.25, 0.3) is 0 Å². The number of guanidine groups is 1. The number of likely N-dealkylation sites (N-methyl/N-ethyl adjacent to an activating group) is 1. The number of aryl methyl sites for hydroxylation is 1. The van der Waals surface area contributed by atoms with Crippen LogP contribution in [0.1, 0.15) is 18.1 Å². The van der Waals surface area contributed by atoms with Gasteiger partial charge < -0.3 is 20.3 Å². The largest absolute Gasteiger partial charge is 0.481 e. The summed E-state index contributed by atoms with van der Waals surface area (Å²) < 4.78 is 5.07. The summed E-state index contributed by atoms with van der Waals surface area (Å²) in [5.41, 5.74) is 3.60. The zero-order chi connectivity index (χ0) is 18.8. The molecule has 2 N–H and O–H groups in total. The van der Waals surface area contributed by atoms with Gasteiger partial charge in [0.25, 0.3) is 0 Å². The number of hydrogen-bond donors (Lipinski definition) is 2. The van der Waals surface area contributed by atoms with E-state index >= 15 is 0 Å². The van der Waals surface area contributed by atoms with Gasteiger partial charge in [0, 0.05) is 51.2 Å². The number of anilines is 1. The van der Waals surface area contributed by atoms with E-state index in [0.717, 1.165) is 31.2 Å². The number of rotatable bonds is 8. The fraction of sp³-hybridized carbons (Fsp3) is 0.400. The summed E-state index contributed by atoms with van der Waals surface area (Å²) in [6, 6.07) is 12.4. The monoisotopic (exact) mass is 483 g/mol. The van der Waals surface area contributed by atoms with Crippen molar-refractivity contribution in [2.24, 2.45) is 4.99 Å². The van der Waals surface area contributed by atoms with E-state index in [1.54, 1.807) is 20.4 Å². The van der Waals surface area contributed by atoms with Crippen LogP contribution in [0.2, 0.25) is 0 Å². The molecule has 0 saturated carbocycles. The van der Waals surface area contributed by atoms with E-state index in [1.165, 1.54) is 11.3 Å². The van der Waals surface area contributed by atoms with Crippen molar-refractivity contribution in [1.29, 1.82) is 0 Å². The number of aromatic nitrogens is 1. The van der Waals surface area contributed by atoms with Crippen LogP contribution in [-0.4, -0.2) is 44.7 Å². The van der Waals surface area contributed by atoms with Gasteiger partial charge in [-0.3, -0.25) is 4.99 Å². The van der Waals surface area contributed by atoms with Gasteiger partial charge in [-0.05, 0) is 37.1 Å². The fourth-order valence-electron chi connectivity index (χ4n) is 2.65. The van der Waals surface area contributed by atoms with Crippen LogP contribution >= 0.6 is 24.0 Å². The lowest BCUT2D eigenvalue weighted by molar-refractivity contribution is 0.397. The Morgan fingerprint density at radius 2 is 2.04 bits per heavy atom. The number of methoxy groups -OCH3 is 1. The summed E-state index contributed by atoms with van der Waals surface area (Å²) >= 11 is 0. The summed E-state index contributed by atoms with van der Waals surface area (Å²) in [7, 11) is 3.39. The third-order valence-corrected chi connectivity index (χ3v) is 4.11. The maximum Gasteiger partial charge on any atom is 0.212 e. The number of pyridine rings is 1. The molecule has 148 valence electrons. The Bertz CT molecular complexity index is 706. The molecule has 0 aliphatic carbocycles. The standard InChI is InChI=1S/C20H29N5O.HI/c1-5-25(18-8-6-7-16(2)13-18)12-11-22-20(21-3)24-15-17-9-10-19(26-4)23-14-17;/h6-10,13-14H,5,11-12,15H2,1-4H3,(H2,21,22,24);1H. The topological polar surface area (TPSA) is 61.8 Å². The number of benzene rings is 1. The zero-order valence-electron chi connectivity index (χ0n) is 16.5. The summed E-state index contributed by atoms with van der Waals surface area (Å²) in [6.45, 7) is 7.63. The van der Waals surface area contributed by atoms with Crippen LogP contribution in [-0.2, 0) is 6.54 Å². The van der Waals surface area contributed by atoms with Gasteiger partial charge in [0.15, 0.2) is 5.96 Å². The van der Waals surface area contributed by atoms with Gasteiger partial charge in [-0.1, -0.05) is 18.2 Å². The van der Waals surface area contributed by atoms with Gasteiger partial charge in [0.1, 0.15) is 0 Å². The molecule has 0 spiro atoms. The van der Waals surface area contributed by atoms with Gasteiger partial charge in [0.05, 0.1) is 7.11 Å². The predicted octanol–water partition coefficient (Wildman–Crippen LogP) is 3.21. The molecule has 2 aromatic rings. The Morgan fingerprint density at radius 3 is 2.63 bits per heavy atom. The number of aliphatic imine (C=N–C) groups is 1. The van der Waals surface area contributed by atoms with Crippen LogP contribution in [0.4, 0.5) is 5.69 Å². The van der Waals surface area contributed by atoms with E-state index in [9.17, 15) is 0 Å². The molecule has 7 heteroatoms. The molecule has 0 amide bonds. The lowest BCUT2D eigenvalue weighted by Crippen LogP contribution is -2.41. The molecule has 0 unspecified atom stereocenters. The second kappa shape index (κ2) is 12.4. The SMILES string of the molecule is CCN(CCNC(=NC)NCc1ccc(OC)nc1)c1cccc(C)c1.I. The number of hydrogen-bond acceptors (Lipinski definition) is 4. The minimum absolute atomic E-state index is 0. The highest BCUT2D eigenvalue weighted by Gasteiger charge is 2.05. The molecule has 1 heterocycles. The van der Waals surface area contributed by atoms with E-state index in [-0.39, 0.29) is 24.0 Å². The average Bonchev–Trinajstić information content (AvgIpc) is 2.68. The van der Waals surface area contributed by atoms with Gasteiger partial charge in [-0.25, -0.2) is 4.98 Å². The van der Waals surface area contributed by atoms with Crippen molar-refractivity contribution in [2.45, 2.75) is 20.4 Å². The molecule has 0 aliphatic rings. The lowest BCUT2D eigenvalue weighted by Gasteiger charge is -2.24. The van der Waals surface area contributed by atoms with E-state index in [4.69, 9.17) is 4.74 Å². The van der Waals surface area contributed by atoms with Crippen LogP contribution < -0.4 is 20.3 Å². The van der Waals surface area contributed by atoms with Crippen molar-refractivity contribution in [1.82, 2.24) is 15.6 Å². The Kier molecular flexibility index (Phi) is 10.5. The maximum atomic E-state index is 5.07. The second-order valence-electron chi connectivity index (χ2n) is 5.98. The Labute approximate surface area is 179 Å². The highest BCUT2D eigenvalue weighted by Crippen LogP contribution is 2.14. The van der Waals surface area contributed by atoms with Gasteiger partial charge >= 0.3 is 0 Å². The van der Waals surface area contributed by atoms with Crippen LogP contribution in [0.15, 0.2) is 47.6 Å². The lowest BCUT2D eigenvalue weighted by atomic mass is 10.2. The molecule has 0 atom stereocenters. The third kappa shape index (κ3) is 7.62. The number of ether oxygens (including phenoxy) is 1. The minimum atomic E-state index is 0. The molecule has 0 fully saturated rings. The van der Waals surface area contributed by atoms with Gasteiger partial charge in [-0.15, -0.1) is 24.0 Å². The van der Waals surface area contributed by atoms with Gasteiger partial charge in [-0.2, -0.15) is 0 Å². The van der Waals surface area contributed by atoms with E-state index < -0.39 is 0 Å². The minimum Gasteiger partial charge on any atom is -0.481 e. The molecule has 0 bridgehead atoms. The number of nitrogens with one attached hydrogen (secondary N) is 2. The van der Waals surface area contributed by atoms with Crippen LogP contribution in [0, 0.1) is 6.92 Å². The second-order valence-corrected chi connectivity index (χ2v) is 5.98. The van der Waals surface area contributed by atoms with Crippen molar-refractivity contribution in [3.63, 3.8) is 0 Å². The Balaban J connectivity index is 0.00000364. The maximum absolute atomic E-state index is 5.07. The first kappa shape index (κ1) is 23.0. The molecule has 0 saturated heterocycles. The highest BCUT2D eigenvalue weighted by atomic mass is 127. The molecule has 0 aliphatic heterocycles. The Morgan fingerprint density at radius 1 is 1.22 bits per heavy atom. The molecule has 1 aromatic carbocycles. The van der Waals surface area contributed by atoms with E-state index in [1.807, 2.05) is 12.1 Å². The van der Waals surface area contributed by atoms with Crippen LogP contribution in [0.5, 0.6) is 5.88 Å². The number of halogens is 1. The molecular formula is C20H30IN5O. The molecule has 0 radical (unpaired) electrons. The molecule has 27 heavy (non-hydrogen) atoms. The normalized spacial score (nSPS) is 10.7. The summed E-state index contributed by atoms with van der Waals surface area (Å²) in [5.74, 6) is 1.40. The quantitative estimate of drug-likeness (QED) is 0.343. The summed E-state index contributed by atoms with van der Waals surface area (Å²) in [5, 5.41) is 6.67. The van der Waals surface area contributed by atoms with Gasteiger partial charge in [0.2, 0.25) is 5.88 Å². The van der Waals surface area contributed by atoms with Crippen LogP contribution in [0.3, 0.4) is 0 Å². The summed E-state index contributed by atoms with van der Waals surface area (Å²) in [4.78, 5) is 10.8. The first-order valence-corrected chi connectivity index (χ1v) is 8.91. The smallest absolute Gasteiger partial charge is 0.212 e. The third-order valence-electron chi connectivity index (χ3n) is 4.11. The summed E-state index contributed by atoms with van der Waals surface area (Å²) in [6.07, 6.45) is 1.80. The van der Waals surface area contributed by atoms with E-state index in [0.29, 0.717) is 12.4 Å². The first-order valence-electron chi connectivity index (χ1n) is 8.91. The number of nitrogens with zero attached hydrogens (tertiary/aromatic N) is 3. The van der Waals surface area contributed by atoms with Crippen molar-refractivity contribution < 1.29 is 4.74 Å². The fourth-order valence-corrected chi connectivity index (χ4v) is 2.65. The Hall–Kier alpha value is -2.03. The molecule has 2 rings (SSSR count). The predicted molar refractivity (Wildman–Crippen MR) is 123 cm³/mol. The van der Waals surface area contributed by atoms with E-state index in [2.05, 4.69) is 63.6 Å². The van der Waals surface area contributed by atoms with Crippen molar-refractivity contribution >= 4 is 35.6 Å².